The molecule has 0 fully saturated rings. The molecule has 3 heteroatoms. The number of Topliss-reactive ketones (excluding diaryl/α,β-unsaturated/α-hetero) is 1. The first kappa shape index (κ1) is 21.7. The summed E-state index contributed by atoms with van der Waals surface area (Å²) in [5.41, 5.74) is 6.41. The second-order valence-corrected chi connectivity index (χ2v) is 4.56. The minimum Gasteiger partial charge on any atom is -0.369 e. The summed E-state index contributed by atoms with van der Waals surface area (Å²) in [7, 11) is 0. The summed E-state index contributed by atoms with van der Waals surface area (Å²) in [6.45, 7) is 9.55. The van der Waals surface area contributed by atoms with E-state index in [0.29, 0.717) is 6.42 Å². The largest absolute Gasteiger partial charge is 0.369 e. The van der Waals surface area contributed by atoms with Gasteiger partial charge in [0, 0.05) is 6.42 Å². The summed E-state index contributed by atoms with van der Waals surface area (Å²) >= 11 is 0. The maximum absolute atomic E-state index is 11.2. The normalized spacial score (nSPS) is 10.3. The van der Waals surface area contributed by atoms with E-state index in [1.54, 1.807) is 6.92 Å². The third-order valence-electron chi connectivity index (χ3n) is 2.89. The van der Waals surface area contributed by atoms with E-state index >= 15 is 0 Å². The van der Waals surface area contributed by atoms with Crippen LogP contribution in [0.4, 0.5) is 0 Å². The fourth-order valence-corrected chi connectivity index (χ4v) is 1.57. The van der Waals surface area contributed by atoms with Crippen LogP contribution in [0.2, 0.25) is 0 Å². The van der Waals surface area contributed by atoms with E-state index in [1.807, 2.05) is 51.1 Å². The zero-order chi connectivity index (χ0) is 16.7. The quantitative estimate of drug-likeness (QED) is 0.842. The molecule has 0 aliphatic rings. The van der Waals surface area contributed by atoms with Gasteiger partial charge in [0.15, 0.2) is 0 Å². The molecule has 0 aliphatic carbocycles. The molecule has 1 aromatic rings. The van der Waals surface area contributed by atoms with Crippen molar-refractivity contribution in [1.82, 2.24) is 0 Å². The van der Waals surface area contributed by atoms with Crippen LogP contribution in [0, 0.1) is 0 Å². The van der Waals surface area contributed by atoms with Crippen LogP contribution in [0.25, 0.3) is 0 Å². The van der Waals surface area contributed by atoms with Crippen LogP contribution in [0.15, 0.2) is 30.3 Å². The predicted octanol–water partition coefficient (Wildman–Crippen LogP) is 4.46. The highest BCUT2D eigenvalue weighted by atomic mass is 16.1. The fourth-order valence-electron chi connectivity index (χ4n) is 1.57. The lowest BCUT2D eigenvalue weighted by Gasteiger charge is -2.12. The first-order chi connectivity index (χ1) is 10.0. The standard InChI is InChI=1S/C12H17NO.C4H8O.C2H6/c1-2-3-9-11(12(13)14)10-7-5-4-6-8-10;1-3-4(2)5;1-2/h4-8,11H,2-3,9H2,1H3,(H2,13,14);3H2,1-2H3;1-2H3. The maximum Gasteiger partial charge on any atom is 0.224 e. The topological polar surface area (TPSA) is 60.2 Å². The Kier molecular flexibility index (Phi) is 15.2. The number of amides is 1. The summed E-state index contributed by atoms with van der Waals surface area (Å²) in [5.74, 6) is -0.0780. The van der Waals surface area contributed by atoms with Crippen LogP contribution in [-0.2, 0) is 9.59 Å². The maximum atomic E-state index is 11.2. The molecule has 0 saturated heterocycles. The van der Waals surface area contributed by atoms with Crippen LogP contribution in [0.1, 0.15) is 71.8 Å². The SMILES string of the molecule is CC.CCC(C)=O.CCCCC(C(N)=O)c1ccccc1. The second-order valence-electron chi connectivity index (χ2n) is 4.56. The highest BCUT2D eigenvalue weighted by Crippen LogP contribution is 2.21. The Labute approximate surface area is 129 Å². The lowest BCUT2D eigenvalue weighted by Crippen LogP contribution is -2.21. The molecule has 120 valence electrons. The third kappa shape index (κ3) is 11.9. The first-order valence-corrected chi connectivity index (χ1v) is 7.86. The van der Waals surface area contributed by atoms with Gasteiger partial charge in [-0.1, -0.05) is 70.9 Å². The molecule has 0 spiro atoms. The molecule has 1 unspecified atom stereocenters. The van der Waals surface area contributed by atoms with Crippen LogP contribution in [0.5, 0.6) is 0 Å². The van der Waals surface area contributed by atoms with Crippen molar-refractivity contribution in [2.24, 2.45) is 5.73 Å². The molecule has 1 rings (SSSR count). The molecule has 1 amide bonds. The fraction of sp³-hybridized carbons (Fsp3) is 0.556. The molecule has 1 atom stereocenters. The predicted molar refractivity (Wildman–Crippen MR) is 90.2 cm³/mol. The van der Waals surface area contributed by atoms with Gasteiger partial charge in [-0.25, -0.2) is 0 Å². The third-order valence-corrected chi connectivity index (χ3v) is 2.89. The van der Waals surface area contributed by atoms with Gasteiger partial charge in [0.2, 0.25) is 5.91 Å². The highest BCUT2D eigenvalue weighted by molar-refractivity contribution is 5.81. The second kappa shape index (κ2) is 14.8. The first-order valence-electron chi connectivity index (χ1n) is 7.86. The number of ketones is 1. The molecule has 1 aromatic carbocycles. The van der Waals surface area contributed by atoms with Crippen LogP contribution >= 0.6 is 0 Å². The van der Waals surface area contributed by atoms with Gasteiger partial charge in [-0.15, -0.1) is 0 Å². The van der Waals surface area contributed by atoms with Crippen molar-refractivity contribution < 1.29 is 9.59 Å². The molecule has 0 heterocycles. The number of unbranched alkanes of at least 4 members (excludes halogenated alkanes) is 1. The average molecular weight is 293 g/mol. The van der Waals surface area contributed by atoms with Gasteiger partial charge in [0.1, 0.15) is 5.78 Å². The Morgan fingerprint density at radius 2 is 1.57 bits per heavy atom. The van der Waals surface area contributed by atoms with Crippen LogP contribution in [0.3, 0.4) is 0 Å². The van der Waals surface area contributed by atoms with E-state index < -0.39 is 0 Å². The van der Waals surface area contributed by atoms with Gasteiger partial charge in [0.05, 0.1) is 5.92 Å². The van der Waals surface area contributed by atoms with Gasteiger partial charge in [-0.3, -0.25) is 4.79 Å². The Bertz CT molecular complexity index is 374. The number of carbonyl (C=O) groups excluding carboxylic acids is 2. The van der Waals surface area contributed by atoms with Crippen LogP contribution < -0.4 is 5.73 Å². The van der Waals surface area contributed by atoms with Crippen molar-refractivity contribution in [1.29, 1.82) is 0 Å². The van der Waals surface area contributed by atoms with Crippen molar-refractivity contribution in [3.63, 3.8) is 0 Å². The number of hydrogen-bond acceptors (Lipinski definition) is 2. The Hall–Kier alpha value is -1.64. The summed E-state index contributed by atoms with van der Waals surface area (Å²) in [6.07, 6.45) is 3.66. The zero-order valence-corrected chi connectivity index (χ0v) is 14.2. The van der Waals surface area contributed by atoms with E-state index in [9.17, 15) is 9.59 Å². The van der Waals surface area contributed by atoms with Gasteiger partial charge in [0.25, 0.3) is 0 Å². The number of benzene rings is 1. The van der Waals surface area contributed by atoms with Gasteiger partial charge in [-0.05, 0) is 18.9 Å². The van der Waals surface area contributed by atoms with E-state index in [2.05, 4.69) is 6.92 Å². The molecule has 0 aliphatic heterocycles. The van der Waals surface area contributed by atoms with E-state index in [-0.39, 0.29) is 17.6 Å². The molecule has 3 nitrogen and oxygen atoms in total. The molecule has 0 bridgehead atoms. The summed E-state index contributed by atoms with van der Waals surface area (Å²) in [6, 6.07) is 9.76. The molecule has 0 saturated carbocycles. The number of hydrogen-bond donors (Lipinski definition) is 1. The molecule has 2 N–H and O–H groups in total. The van der Waals surface area contributed by atoms with Crippen molar-refractivity contribution in [2.45, 2.75) is 66.2 Å². The number of nitrogens with two attached hydrogens (primary N) is 1. The Balaban J connectivity index is 0. The van der Waals surface area contributed by atoms with Crippen LogP contribution in [-0.4, -0.2) is 11.7 Å². The Morgan fingerprint density at radius 3 is 1.90 bits per heavy atom. The molecular weight excluding hydrogens is 262 g/mol. The summed E-state index contributed by atoms with van der Waals surface area (Å²) in [4.78, 5) is 21.0. The van der Waals surface area contributed by atoms with Crippen molar-refractivity contribution in [3.8, 4) is 0 Å². The Morgan fingerprint density at radius 1 is 1.10 bits per heavy atom. The number of rotatable bonds is 6. The lowest BCUT2D eigenvalue weighted by molar-refractivity contribution is -0.119. The number of carbonyl (C=O) groups is 2. The van der Waals surface area contributed by atoms with Crippen molar-refractivity contribution in [3.05, 3.63) is 35.9 Å². The van der Waals surface area contributed by atoms with Gasteiger partial charge < -0.3 is 10.5 Å². The minimum absolute atomic E-state index is 0.115. The highest BCUT2D eigenvalue weighted by Gasteiger charge is 2.16. The zero-order valence-electron chi connectivity index (χ0n) is 14.2. The van der Waals surface area contributed by atoms with Gasteiger partial charge >= 0.3 is 0 Å². The molecule has 0 aromatic heterocycles. The van der Waals surface area contributed by atoms with E-state index in [4.69, 9.17) is 5.73 Å². The van der Waals surface area contributed by atoms with Crippen molar-refractivity contribution >= 4 is 11.7 Å². The average Bonchev–Trinajstić information content (AvgIpc) is 2.51. The molecule has 0 radical (unpaired) electrons. The summed E-state index contributed by atoms with van der Waals surface area (Å²) in [5, 5.41) is 0. The monoisotopic (exact) mass is 293 g/mol. The summed E-state index contributed by atoms with van der Waals surface area (Å²) < 4.78 is 0. The van der Waals surface area contributed by atoms with E-state index in [0.717, 1.165) is 24.8 Å². The minimum atomic E-state index is -0.218. The van der Waals surface area contributed by atoms with Gasteiger partial charge in [-0.2, -0.15) is 0 Å². The van der Waals surface area contributed by atoms with Crippen molar-refractivity contribution in [2.75, 3.05) is 0 Å². The van der Waals surface area contributed by atoms with E-state index in [1.165, 1.54) is 0 Å². The smallest absolute Gasteiger partial charge is 0.224 e. The molecular formula is C18H31NO2. The number of primary amides is 1. The molecule has 21 heavy (non-hydrogen) atoms. The lowest BCUT2D eigenvalue weighted by atomic mass is 9.93.